The van der Waals surface area contributed by atoms with E-state index in [1.165, 1.54) is 7.11 Å². The average Bonchev–Trinajstić information content (AvgIpc) is 2.37. The standard InChI is InChI=1S/C14H22N2O2/c1-14(2,9-15)10-16(3)12-7-5-11(6-8-12)13(17)18-4/h5-8H,9-10,15H2,1-4H3. The second-order valence-electron chi connectivity index (χ2n) is 5.26. The lowest BCUT2D eigenvalue weighted by Gasteiger charge is -2.30. The summed E-state index contributed by atoms with van der Waals surface area (Å²) in [6.45, 7) is 5.76. The molecule has 0 spiro atoms. The Morgan fingerprint density at radius 1 is 1.33 bits per heavy atom. The molecular weight excluding hydrogens is 228 g/mol. The number of ether oxygens (including phenoxy) is 1. The number of methoxy groups -OCH3 is 1. The van der Waals surface area contributed by atoms with Gasteiger partial charge in [0.05, 0.1) is 12.7 Å². The first-order chi connectivity index (χ1) is 8.39. The Labute approximate surface area is 109 Å². The smallest absolute Gasteiger partial charge is 0.337 e. The highest BCUT2D eigenvalue weighted by molar-refractivity contribution is 5.89. The maximum Gasteiger partial charge on any atom is 0.337 e. The molecule has 0 radical (unpaired) electrons. The SMILES string of the molecule is COC(=O)c1ccc(N(C)CC(C)(C)CN)cc1. The minimum absolute atomic E-state index is 0.0652. The van der Waals surface area contributed by atoms with Crippen molar-refractivity contribution in [3.8, 4) is 0 Å². The normalized spacial score (nSPS) is 11.2. The number of rotatable bonds is 5. The number of benzene rings is 1. The zero-order chi connectivity index (χ0) is 13.8. The van der Waals surface area contributed by atoms with Crippen LogP contribution in [0.25, 0.3) is 0 Å². The molecule has 18 heavy (non-hydrogen) atoms. The van der Waals surface area contributed by atoms with E-state index in [0.29, 0.717) is 12.1 Å². The molecule has 0 saturated carbocycles. The van der Waals surface area contributed by atoms with Crippen LogP contribution in [0.2, 0.25) is 0 Å². The summed E-state index contributed by atoms with van der Waals surface area (Å²) in [4.78, 5) is 13.5. The van der Waals surface area contributed by atoms with Gasteiger partial charge >= 0.3 is 5.97 Å². The van der Waals surface area contributed by atoms with E-state index in [0.717, 1.165) is 12.2 Å². The molecule has 0 unspecified atom stereocenters. The van der Waals surface area contributed by atoms with Crippen LogP contribution in [0.15, 0.2) is 24.3 Å². The topological polar surface area (TPSA) is 55.6 Å². The van der Waals surface area contributed by atoms with Crippen LogP contribution in [0.3, 0.4) is 0 Å². The van der Waals surface area contributed by atoms with E-state index in [-0.39, 0.29) is 11.4 Å². The molecular formula is C14H22N2O2. The van der Waals surface area contributed by atoms with Gasteiger partial charge in [-0.3, -0.25) is 0 Å². The predicted molar refractivity (Wildman–Crippen MR) is 73.9 cm³/mol. The zero-order valence-corrected chi connectivity index (χ0v) is 11.6. The van der Waals surface area contributed by atoms with Crippen molar-refractivity contribution in [2.75, 3.05) is 32.1 Å². The van der Waals surface area contributed by atoms with Gasteiger partial charge in [0.15, 0.2) is 0 Å². The minimum Gasteiger partial charge on any atom is -0.465 e. The molecule has 0 heterocycles. The van der Waals surface area contributed by atoms with Crippen LogP contribution < -0.4 is 10.6 Å². The van der Waals surface area contributed by atoms with E-state index in [2.05, 4.69) is 23.5 Å². The number of carbonyl (C=O) groups is 1. The number of anilines is 1. The lowest BCUT2D eigenvalue weighted by Crippen LogP contribution is -2.36. The average molecular weight is 250 g/mol. The lowest BCUT2D eigenvalue weighted by molar-refractivity contribution is 0.0601. The molecule has 100 valence electrons. The first-order valence-corrected chi connectivity index (χ1v) is 5.99. The van der Waals surface area contributed by atoms with Crippen LogP contribution in [0.5, 0.6) is 0 Å². The number of hydrogen-bond donors (Lipinski definition) is 1. The molecule has 0 aromatic heterocycles. The fourth-order valence-electron chi connectivity index (χ4n) is 1.77. The molecule has 1 aromatic rings. The summed E-state index contributed by atoms with van der Waals surface area (Å²) in [6, 6.07) is 7.37. The van der Waals surface area contributed by atoms with Crippen molar-refractivity contribution in [3.05, 3.63) is 29.8 Å². The summed E-state index contributed by atoms with van der Waals surface area (Å²) in [7, 11) is 3.40. The Bertz CT molecular complexity index is 399. The van der Waals surface area contributed by atoms with Gasteiger partial charge in [0.2, 0.25) is 0 Å². The third-order valence-electron chi connectivity index (χ3n) is 2.95. The van der Waals surface area contributed by atoms with Gasteiger partial charge in [-0.2, -0.15) is 0 Å². The molecule has 4 nitrogen and oxygen atoms in total. The van der Waals surface area contributed by atoms with Crippen molar-refractivity contribution in [1.29, 1.82) is 0 Å². The third-order valence-corrected chi connectivity index (χ3v) is 2.95. The summed E-state index contributed by atoms with van der Waals surface area (Å²) in [5.41, 5.74) is 7.41. The van der Waals surface area contributed by atoms with Gasteiger partial charge in [-0.1, -0.05) is 13.8 Å². The Hall–Kier alpha value is -1.55. The van der Waals surface area contributed by atoms with Crippen LogP contribution in [-0.4, -0.2) is 33.2 Å². The molecule has 0 fully saturated rings. The van der Waals surface area contributed by atoms with Gasteiger partial charge in [-0.25, -0.2) is 4.79 Å². The Morgan fingerprint density at radius 3 is 2.33 bits per heavy atom. The Kier molecular flexibility index (Phi) is 4.73. The third kappa shape index (κ3) is 3.74. The highest BCUT2D eigenvalue weighted by Crippen LogP contribution is 2.20. The van der Waals surface area contributed by atoms with Crippen molar-refractivity contribution in [2.45, 2.75) is 13.8 Å². The quantitative estimate of drug-likeness (QED) is 0.811. The summed E-state index contributed by atoms with van der Waals surface area (Å²) < 4.78 is 4.67. The fraction of sp³-hybridized carbons (Fsp3) is 0.500. The van der Waals surface area contributed by atoms with Crippen LogP contribution in [-0.2, 0) is 4.74 Å². The van der Waals surface area contributed by atoms with Gasteiger partial charge in [-0.05, 0) is 36.2 Å². The molecule has 0 aliphatic rings. The molecule has 0 amide bonds. The van der Waals surface area contributed by atoms with Crippen molar-refractivity contribution in [1.82, 2.24) is 0 Å². The van der Waals surface area contributed by atoms with E-state index in [4.69, 9.17) is 5.73 Å². The van der Waals surface area contributed by atoms with Crippen molar-refractivity contribution in [2.24, 2.45) is 11.1 Å². The molecule has 0 saturated heterocycles. The molecule has 4 heteroatoms. The summed E-state index contributed by atoms with van der Waals surface area (Å²) in [5.74, 6) is -0.313. The molecule has 0 atom stereocenters. The number of hydrogen-bond acceptors (Lipinski definition) is 4. The summed E-state index contributed by atoms with van der Waals surface area (Å²) >= 11 is 0. The van der Waals surface area contributed by atoms with Crippen LogP contribution >= 0.6 is 0 Å². The van der Waals surface area contributed by atoms with Crippen LogP contribution in [0, 0.1) is 5.41 Å². The zero-order valence-electron chi connectivity index (χ0n) is 11.6. The molecule has 0 aliphatic carbocycles. The van der Waals surface area contributed by atoms with Gasteiger partial charge in [0, 0.05) is 19.3 Å². The predicted octanol–water partition coefficient (Wildman–Crippen LogP) is 1.89. The van der Waals surface area contributed by atoms with Crippen molar-refractivity contribution >= 4 is 11.7 Å². The summed E-state index contributed by atoms with van der Waals surface area (Å²) in [5, 5.41) is 0. The Morgan fingerprint density at radius 2 is 1.89 bits per heavy atom. The maximum absolute atomic E-state index is 11.3. The van der Waals surface area contributed by atoms with E-state index >= 15 is 0 Å². The number of esters is 1. The second-order valence-corrected chi connectivity index (χ2v) is 5.26. The maximum atomic E-state index is 11.3. The number of carbonyl (C=O) groups excluding carboxylic acids is 1. The van der Waals surface area contributed by atoms with E-state index < -0.39 is 0 Å². The second kappa shape index (κ2) is 5.87. The van der Waals surface area contributed by atoms with Gasteiger partial charge in [0.25, 0.3) is 0 Å². The van der Waals surface area contributed by atoms with Crippen molar-refractivity contribution in [3.63, 3.8) is 0 Å². The van der Waals surface area contributed by atoms with E-state index in [1.54, 1.807) is 12.1 Å². The molecule has 1 rings (SSSR count). The molecule has 0 bridgehead atoms. The van der Waals surface area contributed by atoms with Gasteiger partial charge in [0.1, 0.15) is 0 Å². The number of nitrogens with two attached hydrogens (primary N) is 1. The van der Waals surface area contributed by atoms with E-state index in [1.807, 2.05) is 19.2 Å². The monoisotopic (exact) mass is 250 g/mol. The Balaban J connectivity index is 2.76. The highest BCUT2D eigenvalue weighted by Gasteiger charge is 2.18. The minimum atomic E-state index is -0.313. The van der Waals surface area contributed by atoms with Gasteiger partial charge < -0.3 is 15.4 Å². The fourth-order valence-corrected chi connectivity index (χ4v) is 1.77. The first kappa shape index (κ1) is 14.5. The largest absolute Gasteiger partial charge is 0.465 e. The van der Waals surface area contributed by atoms with E-state index in [9.17, 15) is 4.79 Å². The molecule has 0 aliphatic heterocycles. The van der Waals surface area contributed by atoms with Gasteiger partial charge in [-0.15, -0.1) is 0 Å². The highest BCUT2D eigenvalue weighted by atomic mass is 16.5. The van der Waals surface area contributed by atoms with Crippen molar-refractivity contribution < 1.29 is 9.53 Å². The summed E-state index contributed by atoms with van der Waals surface area (Å²) in [6.07, 6.45) is 0. The number of nitrogens with zero attached hydrogens (tertiary/aromatic N) is 1. The first-order valence-electron chi connectivity index (χ1n) is 5.99. The van der Waals surface area contributed by atoms with Crippen LogP contribution in [0.4, 0.5) is 5.69 Å². The molecule has 1 aromatic carbocycles. The molecule has 2 N–H and O–H groups in total. The lowest BCUT2D eigenvalue weighted by atomic mass is 9.93. The van der Waals surface area contributed by atoms with Crippen LogP contribution in [0.1, 0.15) is 24.2 Å².